The van der Waals surface area contributed by atoms with Crippen molar-refractivity contribution in [3.8, 4) is 0 Å². The average molecular weight is 391 g/mol. The van der Waals surface area contributed by atoms with Gasteiger partial charge in [-0.05, 0) is 23.8 Å². The summed E-state index contributed by atoms with van der Waals surface area (Å²) in [6, 6.07) is 5.82. The Hall–Kier alpha value is -0.880. The molecule has 1 atom stereocenters. The maximum absolute atomic E-state index is 11.9. The van der Waals surface area contributed by atoms with Crippen LogP contribution < -0.4 is 0 Å². The fourth-order valence-electron chi connectivity index (χ4n) is 2.12. The van der Waals surface area contributed by atoms with Crippen molar-refractivity contribution in [2.45, 2.75) is 13.0 Å². The molecule has 6 heteroatoms. The van der Waals surface area contributed by atoms with Crippen LogP contribution in [0.1, 0.15) is 12.0 Å². The summed E-state index contributed by atoms with van der Waals surface area (Å²) in [4.78, 5) is 25.0. The molecule has 2 rings (SSSR count). The first kappa shape index (κ1) is 14.5. The van der Waals surface area contributed by atoms with E-state index in [0.717, 1.165) is 14.5 Å². The van der Waals surface area contributed by atoms with Crippen molar-refractivity contribution in [2.75, 3.05) is 13.7 Å². The summed E-state index contributed by atoms with van der Waals surface area (Å²) in [5, 5.41) is 0. The van der Waals surface area contributed by atoms with Gasteiger partial charge in [-0.15, -0.1) is 0 Å². The number of halogens is 2. The third-order valence-corrected chi connectivity index (χ3v) is 4.38. The Labute approximate surface area is 128 Å². The second kappa shape index (κ2) is 6.05. The van der Waals surface area contributed by atoms with Crippen LogP contribution in [0.2, 0.25) is 0 Å². The van der Waals surface area contributed by atoms with E-state index in [9.17, 15) is 9.59 Å². The van der Waals surface area contributed by atoms with Crippen LogP contribution in [0, 0.1) is 5.92 Å². The molecule has 1 aliphatic rings. The predicted octanol–water partition coefficient (Wildman–Crippen LogP) is 2.73. The number of nitrogens with zero attached hydrogens (tertiary/aromatic N) is 1. The lowest BCUT2D eigenvalue weighted by molar-refractivity contribution is -0.145. The van der Waals surface area contributed by atoms with E-state index in [4.69, 9.17) is 0 Å². The Kier molecular flexibility index (Phi) is 4.62. The van der Waals surface area contributed by atoms with E-state index >= 15 is 0 Å². The van der Waals surface area contributed by atoms with Crippen molar-refractivity contribution >= 4 is 43.7 Å². The van der Waals surface area contributed by atoms with Gasteiger partial charge in [0.2, 0.25) is 5.91 Å². The first-order valence-electron chi connectivity index (χ1n) is 5.80. The number of carbonyl (C=O) groups is 2. The molecule has 1 aliphatic heterocycles. The number of likely N-dealkylation sites (tertiary alicyclic amines) is 1. The Bertz CT molecular complexity index is 519. The zero-order valence-electron chi connectivity index (χ0n) is 10.4. The number of methoxy groups -OCH3 is 1. The summed E-state index contributed by atoms with van der Waals surface area (Å²) in [7, 11) is 1.35. The SMILES string of the molecule is COC(=O)C1CC(=O)N(Cc2cc(Br)ccc2Br)C1. The van der Waals surface area contributed by atoms with E-state index in [0.29, 0.717) is 13.1 Å². The van der Waals surface area contributed by atoms with Gasteiger partial charge in [-0.1, -0.05) is 31.9 Å². The number of rotatable bonds is 3. The van der Waals surface area contributed by atoms with Crippen LogP contribution in [0.3, 0.4) is 0 Å². The lowest BCUT2D eigenvalue weighted by atomic mass is 10.1. The van der Waals surface area contributed by atoms with Crippen molar-refractivity contribution in [3.05, 3.63) is 32.7 Å². The summed E-state index contributed by atoms with van der Waals surface area (Å²) in [5.41, 5.74) is 1.01. The molecule has 0 saturated carbocycles. The third-order valence-electron chi connectivity index (χ3n) is 3.12. The Balaban J connectivity index is 2.09. The first-order valence-corrected chi connectivity index (χ1v) is 7.39. The number of ether oxygens (including phenoxy) is 1. The van der Waals surface area contributed by atoms with Crippen LogP contribution in [0.5, 0.6) is 0 Å². The molecular formula is C13H13Br2NO3. The fraction of sp³-hybridized carbons (Fsp3) is 0.385. The molecule has 0 spiro atoms. The second-order valence-corrected chi connectivity index (χ2v) is 6.20. The van der Waals surface area contributed by atoms with Crippen molar-refractivity contribution in [1.29, 1.82) is 0 Å². The topological polar surface area (TPSA) is 46.6 Å². The van der Waals surface area contributed by atoms with Gasteiger partial charge in [0.1, 0.15) is 0 Å². The molecule has 4 nitrogen and oxygen atoms in total. The van der Waals surface area contributed by atoms with Crippen LogP contribution in [0.25, 0.3) is 0 Å². The van der Waals surface area contributed by atoms with Gasteiger partial charge in [-0.3, -0.25) is 9.59 Å². The number of hydrogen-bond donors (Lipinski definition) is 0. The highest BCUT2D eigenvalue weighted by atomic mass is 79.9. The first-order chi connectivity index (χ1) is 9.01. The number of esters is 1. The molecule has 1 fully saturated rings. The van der Waals surface area contributed by atoms with Crippen molar-refractivity contribution < 1.29 is 14.3 Å². The third kappa shape index (κ3) is 3.36. The van der Waals surface area contributed by atoms with Crippen LogP contribution in [-0.2, 0) is 20.9 Å². The summed E-state index contributed by atoms with van der Waals surface area (Å²) in [6.45, 7) is 0.914. The van der Waals surface area contributed by atoms with Gasteiger partial charge < -0.3 is 9.64 Å². The fourth-order valence-corrected chi connectivity index (χ4v) is 2.90. The highest BCUT2D eigenvalue weighted by molar-refractivity contribution is 9.11. The lowest BCUT2D eigenvalue weighted by Crippen LogP contribution is -2.26. The second-order valence-electron chi connectivity index (χ2n) is 4.43. The van der Waals surface area contributed by atoms with Crippen molar-refractivity contribution in [3.63, 3.8) is 0 Å². The molecule has 1 unspecified atom stereocenters. The van der Waals surface area contributed by atoms with Crippen LogP contribution >= 0.6 is 31.9 Å². The molecule has 19 heavy (non-hydrogen) atoms. The standard InChI is InChI=1S/C13H13Br2NO3/c1-19-13(18)9-5-12(17)16(7-9)6-8-4-10(14)2-3-11(8)15/h2-4,9H,5-7H2,1H3. The molecule has 0 aromatic heterocycles. The van der Waals surface area contributed by atoms with Gasteiger partial charge in [-0.2, -0.15) is 0 Å². The highest BCUT2D eigenvalue weighted by Gasteiger charge is 2.35. The number of benzene rings is 1. The minimum absolute atomic E-state index is 0.0118. The Morgan fingerprint density at radius 1 is 1.47 bits per heavy atom. The molecule has 1 amide bonds. The van der Waals surface area contributed by atoms with Crippen molar-refractivity contribution in [2.24, 2.45) is 5.92 Å². The van der Waals surface area contributed by atoms with E-state index in [1.54, 1.807) is 4.90 Å². The van der Waals surface area contributed by atoms with Crippen LogP contribution in [-0.4, -0.2) is 30.4 Å². The molecule has 0 bridgehead atoms. The van der Waals surface area contributed by atoms with Gasteiger partial charge in [0.15, 0.2) is 0 Å². The number of carbonyl (C=O) groups excluding carboxylic acids is 2. The summed E-state index contributed by atoms with van der Waals surface area (Å²) < 4.78 is 6.60. The highest BCUT2D eigenvalue weighted by Crippen LogP contribution is 2.26. The lowest BCUT2D eigenvalue weighted by Gasteiger charge is -2.17. The molecule has 0 aliphatic carbocycles. The summed E-state index contributed by atoms with van der Waals surface area (Å²) >= 11 is 6.87. The number of amides is 1. The van der Waals surface area contributed by atoms with Crippen molar-refractivity contribution in [1.82, 2.24) is 4.90 Å². The predicted molar refractivity (Wildman–Crippen MR) is 77.4 cm³/mol. The van der Waals surface area contributed by atoms with E-state index in [1.807, 2.05) is 18.2 Å². The van der Waals surface area contributed by atoms with Gasteiger partial charge in [0.25, 0.3) is 0 Å². The average Bonchev–Trinajstić information content (AvgIpc) is 2.74. The van der Waals surface area contributed by atoms with Crippen LogP contribution in [0.15, 0.2) is 27.1 Å². The summed E-state index contributed by atoms with van der Waals surface area (Å²) in [6.07, 6.45) is 0.234. The molecule has 1 aromatic carbocycles. The van der Waals surface area contributed by atoms with Gasteiger partial charge >= 0.3 is 5.97 Å². The van der Waals surface area contributed by atoms with E-state index in [-0.39, 0.29) is 24.2 Å². The molecule has 1 saturated heterocycles. The Morgan fingerprint density at radius 3 is 2.89 bits per heavy atom. The zero-order chi connectivity index (χ0) is 14.0. The molecule has 1 aromatic rings. The molecular weight excluding hydrogens is 378 g/mol. The minimum Gasteiger partial charge on any atom is -0.469 e. The monoisotopic (exact) mass is 389 g/mol. The molecule has 0 N–H and O–H groups in total. The maximum atomic E-state index is 11.9. The normalized spacial score (nSPS) is 18.8. The maximum Gasteiger partial charge on any atom is 0.310 e. The van der Waals surface area contributed by atoms with Gasteiger partial charge in [0, 0.05) is 28.5 Å². The smallest absolute Gasteiger partial charge is 0.310 e. The largest absolute Gasteiger partial charge is 0.469 e. The van der Waals surface area contributed by atoms with Gasteiger partial charge in [-0.25, -0.2) is 0 Å². The van der Waals surface area contributed by atoms with Gasteiger partial charge in [0.05, 0.1) is 13.0 Å². The quantitative estimate of drug-likeness (QED) is 0.745. The van der Waals surface area contributed by atoms with Crippen LogP contribution in [0.4, 0.5) is 0 Å². The summed E-state index contributed by atoms with van der Waals surface area (Å²) in [5.74, 6) is -0.671. The molecule has 1 heterocycles. The molecule has 0 radical (unpaired) electrons. The zero-order valence-corrected chi connectivity index (χ0v) is 13.5. The van der Waals surface area contributed by atoms with E-state index in [2.05, 4.69) is 36.6 Å². The minimum atomic E-state index is -0.344. The van der Waals surface area contributed by atoms with E-state index in [1.165, 1.54) is 7.11 Å². The molecule has 102 valence electrons. The van der Waals surface area contributed by atoms with E-state index < -0.39 is 0 Å². The Morgan fingerprint density at radius 2 is 2.21 bits per heavy atom. The number of hydrogen-bond acceptors (Lipinski definition) is 3.